The van der Waals surface area contributed by atoms with E-state index in [0.717, 1.165) is 25.6 Å². The summed E-state index contributed by atoms with van der Waals surface area (Å²) in [7, 11) is 2.28. The van der Waals surface area contributed by atoms with Gasteiger partial charge in [0.2, 0.25) is 0 Å². The molecule has 0 amide bonds. The van der Waals surface area contributed by atoms with Crippen molar-refractivity contribution in [1.82, 2.24) is 9.80 Å². The number of fused-ring (bicyclic) bond motifs is 2. The molecule has 3 aliphatic rings. The summed E-state index contributed by atoms with van der Waals surface area (Å²) in [5, 5.41) is 0. The number of piperidine rings is 1. The number of ether oxygens (including phenoxy) is 1. The van der Waals surface area contributed by atoms with Crippen LogP contribution in [0.1, 0.15) is 32.1 Å². The summed E-state index contributed by atoms with van der Waals surface area (Å²) in [6, 6.07) is 0. The molecule has 3 heterocycles. The molecule has 0 spiro atoms. The number of likely N-dealkylation sites (N-methyl/N-ethyl adjacent to an activating group) is 1. The monoisotopic (exact) mass is 267 g/mol. The molecule has 0 aliphatic carbocycles. The van der Waals surface area contributed by atoms with Gasteiger partial charge in [0.1, 0.15) is 0 Å². The topological polar surface area (TPSA) is 41.7 Å². The molecule has 4 nitrogen and oxygen atoms in total. The van der Waals surface area contributed by atoms with Crippen molar-refractivity contribution in [3.63, 3.8) is 0 Å². The molecule has 110 valence electrons. The highest BCUT2D eigenvalue weighted by atomic mass is 16.5. The Hall–Kier alpha value is -0.160. The lowest BCUT2D eigenvalue weighted by atomic mass is 9.77. The van der Waals surface area contributed by atoms with E-state index in [4.69, 9.17) is 10.5 Å². The second kappa shape index (κ2) is 5.68. The molecule has 4 heteroatoms. The Balaban J connectivity index is 1.66. The average molecular weight is 267 g/mol. The maximum absolute atomic E-state index is 6.23. The summed E-state index contributed by atoms with van der Waals surface area (Å²) in [5.74, 6) is 0.764. The fraction of sp³-hybridized carbons (Fsp3) is 1.00. The first-order valence-electron chi connectivity index (χ1n) is 8.00. The highest BCUT2D eigenvalue weighted by Crippen LogP contribution is 2.39. The molecule has 4 unspecified atom stereocenters. The van der Waals surface area contributed by atoms with Gasteiger partial charge in [0.15, 0.2) is 0 Å². The SMILES string of the molecule is CN(CC1CCCCO1)C1(CN)CCN2CCC1C2. The Kier molecular flexibility index (Phi) is 4.13. The van der Waals surface area contributed by atoms with Crippen LogP contribution >= 0.6 is 0 Å². The molecule has 4 atom stereocenters. The van der Waals surface area contributed by atoms with E-state index in [1.807, 2.05) is 0 Å². The van der Waals surface area contributed by atoms with Crippen LogP contribution < -0.4 is 5.73 Å². The van der Waals surface area contributed by atoms with E-state index in [2.05, 4.69) is 16.8 Å². The molecule has 19 heavy (non-hydrogen) atoms. The molecular formula is C15H29N3O. The van der Waals surface area contributed by atoms with Crippen LogP contribution in [-0.2, 0) is 4.74 Å². The van der Waals surface area contributed by atoms with Gasteiger partial charge in [-0.05, 0) is 58.2 Å². The number of hydrogen-bond donors (Lipinski definition) is 1. The first-order chi connectivity index (χ1) is 9.24. The molecule has 3 rings (SSSR count). The van der Waals surface area contributed by atoms with Gasteiger partial charge in [0.05, 0.1) is 6.10 Å². The van der Waals surface area contributed by atoms with Crippen molar-refractivity contribution in [2.45, 2.75) is 43.7 Å². The summed E-state index contributed by atoms with van der Waals surface area (Å²) in [6.07, 6.45) is 6.78. The van der Waals surface area contributed by atoms with Crippen LogP contribution in [0, 0.1) is 5.92 Å². The van der Waals surface area contributed by atoms with Gasteiger partial charge in [-0.15, -0.1) is 0 Å². The Morgan fingerprint density at radius 3 is 2.95 bits per heavy atom. The summed E-state index contributed by atoms with van der Waals surface area (Å²) in [5.41, 5.74) is 6.46. The van der Waals surface area contributed by atoms with Crippen molar-refractivity contribution in [3.05, 3.63) is 0 Å². The highest BCUT2D eigenvalue weighted by Gasteiger charge is 2.48. The predicted molar refractivity (Wildman–Crippen MR) is 77.2 cm³/mol. The molecule has 0 aromatic rings. The zero-order valence-corrected chi connectivity index (χ0v) is 12.3. The smallest absolute Gasteiger partial charge is 0.0702 e. The summed E-state index contributed by atoms with van der Waals surface area (Å²) in [4.78, 5) is 5.15. The van der Waals surface area contributed by atoms with E-state index >= 15 is 0 Å². The van der Waals surface area contributed by atoms with E-state index in [9.17, 15) is 0 Å². The summed E-state index contributed by atoms with van der Waals surface area (Å²) in [6.45, 7) is 6.57. The third kappa shape index (κ3) is 2.56. The average Bonchev–Trinajstić information content (AvgIpc) is 2.84. The van der Waals surface area contributed by atoms with Gasteiger partial charge in [-0.25, -0.2) is 0 Å². The zero-order valence-electron chi connectivity index (χ0n) is 12.3. The summed E-state index contributed by atoms with van der Waals surface area (Å²) >= 11 is 0. The second-order valence-corrected chi connectivity index (χ2v) is 6.71. The van der Waals surface area contributed by atoms with E-state index in [0.29, 0.717) is 6.10 Å². The van der Waals surface area contributed by atoms with Gasteiger partial charge in [-0.2, -0.15) is 0 Å². The highest BCUT2D eigenvalue weighted by molar-refractivity contribution is 5.04. The van der Waals surface area contributed by atoms with E-state index in [1.165, 1.54) is 51.7 Å². The van der Waals surface area contributed by atoms with Crippen molar-refractivity contribution < 1.29 is 4.74 Å². The van der Waals surface area contributed by atoms with Gasteiger partial charge in [0, 0.05) is 31.8 Å². The molecule has 3 fully saturated rings. The molecule has 0 aromatic heterocycles. The quantitative estimate of drug-likeness (QED) is 0.822. The number of nitrogens with two attached hydrogens (primary N) is 1. The Labute approximate surface area is 117 Å². The number of rotatable bonds is 4. The van der Waals surface area contributed by atoms with Crippen molar-refractivity contribution >= 4 is 0 Å². The lowest BCUT2D eigenvalue weighted by molar-refractivity contribution is -0.0442. The van der Waals surface area contributed by atoms with Crippen LogP contribution in [0.3, 0.4) is 0 Å². The standard InChI is InChI=1S/C15H29N3O/c1-17(11-14-4-2-3-9-19-14)15(12-16)6-8-18-7-5-13(15)10-18/h13-14H,2-12,16H2,1H3. The molecule has 0 radical (unpaired) electrons. The molecule has 0 aromatic carbocycles. The van der Waals surface area contributed by atoms with Crippen LogP contribution in [0.4, 0.5) is 0 Å². The molecule has 2 N–H and O–H groups in total. The normalized spacial score (nSPS) is 42.8. The van der Waals surface area contributed by atoms with Gasteiger partial charge in [-0.3, -0.25) is 4.90 Å². The largest absolute Gasteiger partial charge is 0.377 e. The second-order valence-electron chi connectivity index (χ2n) is 6.71. The third-order valence-electron chi connectivity index (χ3n) is 5.76. The van der Waals surface area contributed by atoms with Crippen molar-refractivity contribution in [2.24, 2.45) is 11.7 Å². The van der Waals surface area contributed by atoms with Crippen molar-refractivity contribution in [1.29, 1.82) is 0 Å². The maximum Gasteiger partial charge on any atom is 0.0702 e. The van der Waals surface area contributed by atoms with Crippen LogP contribution in [0.2, 0.25) is 0 Å². The lowest BCUT2D eigenvalue weighted by Gasteiger charge is -2.49. The van der Waals surface area contributed by atoms with E-state index in [-0.39, 0.29) is 5.54 Å². The minimum atomic E-state index is 0.230. The fourth-order valence-electron chi connectivity index (χ4n) is 4.40. The maximum atomic E-state index is 6.23. The zero-order chi connectivity index (χ0) is 13.3. The van der Waals surface area contributed by atoms with E-state index < -0.39 is 0 Å². The van der Waals surface area contributed by atoms with Crippen molar-refractivity contribution in [3.8, 4) is 0 Å². The molecule has 0 saturated carbocycles. The van der Waals surface area contributed by atoms with Gasteiger partial charge in [-0.1, -0.05) is 0 Å². The minimum absolute atomic E-state index is 0.230. The molecule has 3 aliphatic heterocycles. The Morgan fingerprint density at radius 2 is 2.21 bits per heavy atom. The Morgan fingerprint density at radius 1 is 1.32 bits per heavy atom. The molecule has 2 bridgehead atoms. The summed E-state index contributed by atoms with van der Waals surface area (Å²) < 4.78 is 5.92. The first-order valence-corrected chi connectivity index (χ1v) is 8.00. The van der Waals surface area contributed by atoms with Crippen LogP contribution in [-0.4, -0.2) is 67.8 Å². The first kappa shape index (κ1) is 13.8. The number of hydrogen-bond acceptors (Lipinski definition) is 4. The van der Waals surface area contributed by atoms with Crippen LogP contribution in [0.25, 0.3) is 0 Å². The van der Waals surface area contributed by atoms with Crippen LogP contribution in [0.5, 0.6) is 0 Å². The Bertz CT molecular complexity index is 306. The lowest BCUT2D eigenvalue weighted by Crippen LogP contribution is -2.62. The molecular weight excluding hydrogens is 238 g/mol. The molecule has 3 saturated heterocycles. The fourth-order valence-corrected chi connectivity index (χ4v) is 4.40. The number of nitrogens with zero attached hydrogens (tertiary/aromatic N) is 2. The minimum Gasteiger partial charge on any atom is -0.377 e. The van der Waals surface area contributed by atoms with Crippen LogP contribution in [0.15, 0.2) is 0 Å². The van der Waals surface area contributed by atoms with Gasteiger partial charge < -0.3 is 15.4 Å². The van der Waals surface area contributed by atoms with Gasteiger partial charge >= 0.3 is 0 Å². The predicted octanol–water partition coefficient (Wildman–Crippen LogP) is 0.910. The van der Waals surface area contributed by atoms with Crippen molar-refractivity contribution in [2.75, 3.05) is 46.4 Å². The van der Waals surface area contributed by atoms with Gasteiger partial charge in [0.25, 0.3) is 0 Å². The van der Waals surface area contributed by atoms with E-state index in [1.54, 1.807) is 0 Å². The third-order valence-corrected chi connectivity index (χ3v) is 5.76.